The zero-order chi connectivity index (χ0) is 14.8. The van der Waals surface area contributed by atoms with Crippen molar-refractivity contribution in [2.24, 2.45) is 4.40 Å². The van der Waals surface area contributed by atoms with Crippen molar-refractivity contribution < 1.29 is 18.3 Å². The van der Waals surface area contributed by atoms with Crippen LogP contribution in [0.4, 0.5) is 0 Å². The maximum atomic E-state index is 11.9. The molecule has 2 rings (SSSR count). The second-order valence-electron chi connectivity index (χ2n) is 3.70. The van der Waals surface area contributed by atoms with E-state index in [2.05, 4.69) is 20.3 Å². The van der Waals surface area contributed by atoms with Gasteiger partial charge in [0.2, 0.25) is 0 Å². The van der Waals surface area contributed by atoms with Crippen LogP contribution in [0.15, 0.2) is 42.7 Å². The molecule has 0 atom stereocenters. The molecule has 1 aromatic carbocycles. The van der Waals surface area contributed by atoms with Gasteiger partial charge in [0.15, 0.2) is 11.5 Å². The lowest BCUT2D eigenvalue weighted by molar-refractivity contribution is 0.372. The molecule has 5 nitrogen and oxygen atoms in total. The Kier molecular flexibility index (Phi) is 4.46. The van der Waals surface area contributed by atoms with Gasteiger partial charge in [0.25, 0.3) is 10.0 Å². The smallest absolute Gasteiger partial charge is 0.291 e. The predicted molar refractivity (Wildman–Crippen MR) is 81.5 cm³/mol. The van der Waals surface area contributed by atoms with E-state index in [-0.39, 0.29) is 15.7 Å². The molecule has 0 amide bonds. The molecule has 0 aliphatic heterocycles. The van der Waals surface area contributed by atoms with Crippen LogP contribution in [0, 0.1) is 0 Å². The number of sulfonamides is 1. The van der Waals surface area contributed by atoms with Crippen molar-refractivity contribution in [2.75, 3.05) is 7.11 Å². The summed E-state index contributed by atoms with van der Waals surface area (Å²) in [5.41, 5.74) is 0.492. The molecule has 0 spiro atoms. The fourth-order valence-electron chi connectivity index (χ4n) is 1.42. The molecule has 8 heteroatoms. The summed E-state index contributed by atoms with van der Waals surface area (Å²) in [6.45, 7) is 0. The Morgan fingerprint density at radius 1 is 1.45 bits per heavy atom. The number of hydrogen-bond donors (Lipinski definition) is 1. The summed E-state index contributed by atoms with van der Waals surface area (Å²) < 4.78 is 33.0. The van der Waals surface area contributed by atoms with E-state index in [0.29, 0.717) is 10.0 Å². The maximum Gasteiger partial charge on any atom is 0.291 e. The predicted octanol–water partition coefficient (Wildman–Crippen LogP) is 3.03. The molecule has 106 valence electrons. The number of methoxy groups -OCH3 is 1. The highest BCUT2D eigenvalue weighted by molar-refractivity contribution is 9.10. The van der Waals surface area contributed by atoms with E-state index in [9.17, 15) is 13.5 Å². The maximum absolute atomic E-state index is 11.9. The number of nitrogens with zero attached hydrogens (tertiary/aromatic N) is 1. The zero-order valence-electron chi connectivity index (χ0n) is 10.3. The van der Waals surface area contributed by atoms with E-state index in [1.165, 1.54) is 25.5 Å². The van der Waals surface area contributed by atoms with Crippen LogP contribution in [0.2, 0.25) is 0 Å². The Balaban J connectivity index is 2.35. The van der Waals surface area contributed by atoms with Crippen molar-refractivity contribution >= 4 is 43.5 Å². The first-order valence-electron chi connectivity index (χ1n) is 5.34. The van der Waals surface area contributed by atoms with Crippen molar-refractivity contribution in [2.45, 2.75) is 4.21 Å². The lowest BCUT2D eigenvalue weighted by Gasteiger charge is -2.06. The SMILES string of the molecule is COc1cc(/C=N/S(=O)(=O)c2cccs2)cc(Br)c1O. The molecule has 0 unspecified atom stereocenters. The molecule has 2 aromatic rings. The van der Waals surface area contributed by atoms with Crippen LogP contribution in [0.3, 0.4) is 0 Å². The van der Waals surface area contributed by atoms with Crippen LogP contribution in [-0.4, -0.2) is 26.8 Å². The van der Waals surface area contributed by atoms with Gasteiger partial charge in [-0.2, -0.15) is 12.8 Å². The zero-order valence-corrected chi connectivity index (χ0v) is 13.5. The molecule has 0 saturated carbocycles. The highest BCUT2D eigenvalue weighted by atomic mass is 79.9. The third-order valence-corrected chi connectivity index (χ3v) is 5.57. The number of phenolic OH excluding ortho intramolecular Hbond substituents is 1. The number of halogens is 1. The van der Waals surface area contributed by atoms with E-state index in [4.69, 9.17) is 4.74 Å². The molecule has 1 heterocycles. The molecule has 0 fully saturated rings. The molecule has 0 aliphatic carbocycles. The number of ether oxygens (including phenoxy) is 1. The number of rotatable bonds is 4. The van der Waals surface area contributed by atoms with Crippen LogP contribution in [0.1, 0.15) is 5.56 Å². The Bertz CT molecular complexity index is 739. The molecule has 0 aliphatic rings. The number of aromatic hydroxyl groups is 1. The van der Waals surface area contributed by atoms with Gasteiger partial charge in [-0.1, -0.05) is 6.07 Å². The number of phenols is 1. The Labute approximate surface area is 128 Å². The van der Waals surface area contributed by atoms with E-state index in [1.807, 2.05) is 0 Å². The first kappa shape index (κ1) is 15.0. The minimum absolute atomic E-state index is 0.0502. The summed E-state index contributed by atoms with van der Waals surface area (Å²) in [6, 6.07) is 6.18. The van der Waals surface area contributed by atoms with Gasteiger partial charge in [-0.05, 0) is 45.1 Å². The quantitative estimate of drug-likeness (QED) is 0.833. The molecule has 0 bridgehead atoms. The van der Waals surface area contributed by atoms with Crippen LogP contribution in [0.25, 0.3) is 0 Å². The number of thiophene rings is 1. The number of hydrogen-bond acceptors (Lipinski definition) is 5. The van der Waals surface area contributed by atoms with Gasteiger partial charge in [0.05, 0.1) is 11.6 Å². The topological polar surface area (TPSA) is 76.0 Å². The van der Waals surface area contributed by atoms with Crippen molar-refractivity contribution in [1.82, 2.24) is 0 Å². The van der Waals surface area contributed by atoms with Crippen LogP contribution >= 0.6 is 27.3 Å². The Hall–Kier alpha value is -1.38. The van der Waals surface area contributed by atoms with Gasteiger partial charge >= 0.3 is 0 Å². The molecule has 0 saturated heterocycles. The van der Waals surface area contributed by atoms with Gasteiger partial charge in [0.1, 0.15) is 4.21 Å². The van der Waals surface area contributed by atoms with Gasteiger partial charge in [-0.3, -0.25) is 0 Å². The Morgan fingerprint density at radius 3 is 2.80 bits per heavy atom. The number of benzene rings is 1. The van der Waals surface area contributed by atoms with E-state index in [0.717, 1.165) is 11.3 Å². The third-order valence-electron chi connectivity index (χ3n) is 2.36. The van der Waals surface area contributed by atoms with Crippen molar-refractivity contribution in [1.29, 1.82) is 0 Å². The normalized spacial score (nSPS) is 11.9. The second-order valence-corrected chi connectivity index (χ2v) is 7.36. The lowest BCUT2D eigenvalue weighted by atomic mass is 10.2. The van der Waals surface area contributed by atoms with Gasteiger partial charge in [-0.15, -0.1) is 11.3 Å². The standard InChI is InChI=1S/C12H10BrNO4S2/c1-18-10-6-8(5-9(13)12(10)15)7-14-20(16,17)11-3-2-4-19-11/h2-7,15H,1H3/b14-7+. The molecular weight excluding hydrogens is 366 g/mol. The molecule has 1 aromatic heterocycles. The molecule has 1 N–H and O–H groups in total. The first-order chi connectivity index (χ1) is 9.44. The summed E-state index contributed by atoms with van der Waals surface area (Å²) in [5.74, 6) is 0.181. The summed E-state index contributed by atoms with van der Waals surface area (Å²) in [6.07, 6.45) is 1.21. The van der Waals surface area contributed by atoms with Crippen LogP contribution < -0.4 is 4.74 Å². The van der Waals surface area contributed by atoms with Gasteiger partial charge in [0, 0.05) is 6.21 Å². The van der Waals surface area contributed by atoms with E-state index < -0.39 is 10.0 Å². The highest BCUT2D eigenvalue weighted by Crippen LogP contribution is 2.34. The third kappa shape index (κ3) is 3.20. The fourth-order valence-corrected chi connectivity index (χ4v) is 3.72. The van der Waals surface area contributed by atoms with Crippen molar-refractivity contribution in [3.05, 3.63) is 39.7 Å². The van der Waals surface area contributed by atoms with E-state index in [1.54, 1.807) is 17.5 Å². The summed E-state index contributed by atoms with van der Waals surface area (Å²) in [4.78, 5) is 0. The van der Waals surface area contributed by atoms with Crippen LogP contribution in [0.5, 0.6) is 11.5 Å². The molecule has 0 radical (unpaired) electrons. The van der Waals surface area contributed by atoms with Crippen LogP contribution in [-0.2, 0) is 10.0 Å². The van der Waals surface area contributed by atoms with Crippen molar-refractivity contribution in [3.63, 3.8) is 0 Å². The summed E-state index contributed by atoms with van der Waals surface area (Å²) in [7, 11) is -2.28. The Morgan fingerprint density at radius 2 is 2.20 bits per heavy atom. The van der Waals surface area contributed by atoms with Crippen molar-refractivity contribution in [3.8, 4) is 11.5 Å². The van der Waals surface area contributed by atoms with Gasteiger partial charge < -0.3 is 9.84 Å². The average Bonchev–Trinajstić information content (AvgIpc) is 2.95. The highest BCUT2D eigenvalue weighted by Gasteiger charge is 2.13. The average molecular weight is 376 g/mol. The summed E-state index contributed by atoms with van der Waals surface area (Å²) >= 11 is 4.26. The minimum atomic E-state index is -3.69. The summed E-state index contributed by atoms with van der Waals surface area (Å²) in [5, 5.41) is 11.3. The fraction of sp³-hybridized carbons (Fsp3) is 0.0833. The first-order valence-corrected chi connectivity index (χ1v) is 8.45. The van der Waals surface area contributed by atoms with E-state index >= 15 is 0 Å². The minimum Gasteiger partial charge on any atom is -0.503 e. The monoisotopic (exact) mass is 375 g/mol. The second kappa shape index (κ2) is 5.94. The molecule has 20 heavy (non-hydrogen) atoms. The largest absolute Gasteiger partial charge is 0.503 e. The molecular formula is C12H10BrNO4S2. The lowest BCUT2D eigenvalue weighted by Crippen LogP contribution is -1.95. The van der Waals surface area contributed by atoms with Gasteiger partial charge in [-0.25, -0.2) is 0 Å².